The summed E-state index contributed by atoms with van der Waals surface area (Å²) in [5.41, 5.74) is 2.11. The van der Waals surface area contributed by atoms with Crippen LogP contribution in [0.2, 0.25) is 0 Å². The van der Waals surface area contributed by atoms with Gasteiger partial charge in [0.05, 0.1) is 25.8 Å². The first kappa shape index (κ1) is 18.0. The quantitative estimate of drug-likeness (QED) is 0.717. The summed E-state index contributed by atoms with van der Waals surface area (Å²) in [4.78, 5) is 12.6. The van der Waals surface area contributed by atoms with Gasteiger partial charge in [-0.3, -0.25) is 4.79 Å². The highest BCUT2D eigenvalue weighted by atomic mass is 32.1. The molecule has 0 aromatic heterocycles. The normalized spacial score (nSPS) is 16.8. The zero-order valence-electron chi connectivity index (χ0n) is 15.1. The first-order valence-corrected chi connectivity index (χ1v) is 8.56. The third kappa shape index (κ3) is 3.06. The molecule has 1 aliphatic rings. The van der Waals surface area contributed by atoms with Crippen LogP contribution in [0.1, 0.15) is 18.5 Å². The number of benzene rings is 2. The van der Waals surface area contributed by atoms with Crippen molar-refractivity contribution in [2.75, 3.05) is 21.3 Å². The molecule has 0 unspecified atom stereocenters. The lowest BCUT2D eigenvalue weighted by molar-refractivity contribution is -0.117. The van der Waals surface area contributed by atoms with E-state index in [1.165, 1.54) is 0 Å². The fourth-order valence-corrected chi connectivity index (χ4v) is 3.52. The van der Waals surface area contributed by atoms with Crippen LogP contribution < -0.4 is 25.4 Å². The maximum atomic E-state index is 12.6. The summed E-state index contributed by atoms with van der Waals surface area (Å²) in [6.07, 6.45) is 0. The minimum atomic E-state index is -0.450. The molecule has 1 aliphatic heterocycles. The zero-order chi connectivity index (χ0) is 18.8. The molecule has 6 nitrogen and oxygen atoms in total. The lowest BCUT2D eigenvalue weighted by atomic mass is 9.90. The van der Waals surface area contributed by atoms with Gasteiger partial charge in [-0.15, -0.1) is 0 Å². The molecule has 1 atom stereocenters. The third-order valence-corrected chi connectivity index (χ3v) is 4.70. The van der Waals surface area contributed by atoms with E-state index in [0.29, 0.717) is 22.1 Å². The van der Waals surface area contributed by atoms with Gasteiger partial charge in [-0.05, 0) is 48.1 Å². The van der Waals surface area contributed by atoms with Gasteiger partial charge >= 0.3 is 0 Å². The van der Waals surface area contributed by atoms with Crippen LogP contribution in [0.4, 0.5) is 0 Å². The van der Waals surface area contributed by atoms with E-state index < -0.39 is 6.04 Å². The lowest BCUT2D eigenvalue weighted by Gasteiger charge is -2.31. The van der Waals surface area contributed by atoms with Crippen LogP contribution in [0, 0.1) is 0 Å². The molecule has 3 rings (SSSR count). The third-order valence-electron chi connectivity index (χ3n) is 4.48. The lowest BCUT2D eigenvalue weighted by Crippen LogP contribution is -2.46. The molecule has 0 bridgehead atoms. The summed E-state index contributed by atoms with van der Waals surface area (Å²) in [5.74, 6) is 1.21. The standard InChI is InChI=1S/C19H21N3O3S/c1-10-15(18(23)20-2)17(22-19(26)21-10)16-13-9-12(24-3)7-5-11(13)6-8-14(16)25-4/h5-9,17H,1-4H3,(H,20,23)(H2,21,22,26)/t17-/m0/s1. The number of rotatable bonds is 4. The number of hydrogen-bond donors (Lipinski definition) is 3. The fraction of sp³-hybridized carbons (Fsp3) is 0.263. The van der Waals surface area contributed by atoms with Gasteiger partial charge in [-0.25, -0.2) is 0 Å². The summed E-state index contributed by atoms with van der Waals surface area (Å²) in [5, 5.41) is 11.3. The predicted molar refractivity (Wildman–Crippen MR) is 105 cm³/mol. The monoisotopic (exact) mass is 371 g/mol. The molecule has 0 saturated carbocycles. The van der Waals surface area contributed by atoms with Crippen LogP contribution in [0.3, 0.4) is 0 Å². The van der Waals surface area contributed by atoms with Crippen LogP contribution in [0.5, 0.6) is 11.5 Å². The van der Waals surface area contributed by atoms with Gasteiger partial charge in [0.2, 0.25) is 0 Å². The molecular weight excluding hydrogens is 350 g/mol. The van der Waals surface area contributed by atoms with E-state index >= 15 is 0 Å². The molecular formula is C19H21N3O3S. The number of nitrogens with one attached hydrogen (secondary N) is 3. The number of ether oxygens (including phenoxy) is 2. The molecule has 136 valence electrons. The molecule has 0 spiro atoms. The topological polar surface area (TPSA) is 71.6 Å². The Hall–Kier alpha value is -2.80. The SMILES string of the molecule is CNC(=O)C1=C(C)NC(=S)N[C@@H]1c1c(OC)ccc2ccc(OC)cc12. The molecule has 2 aromatic rings. The van der Waals surface area contributed by atoms with Gasteiger partial charge in [-0.1, -0.05) is 12.1 Å². The van der Waals surface area contributed by atoms with Crippen molar-refractivity contribution in [2.24, 2.45) is 0 Å². The Kier molecular flexibility index (Phi) is 4.99. The molecule has 0 radical (unpaired) electrons. The van der Waals surface area contributed by atoms with Crippen LogP contribution in [-0.2, 0) is 4.79 Å². The summed E-state index contributed by atoms with van der Waals surface area (Å²) >= 11 is 5.33. The summed E-state index contributed by atoms with van der Waals surface area (Å²) in [6.45, 7) is 1.84. The number of likely N-dealkylation sites (N-methyl/N-ethyl adjacent to an activating group) is 1. The molecule has 0 saturated heterocycles. The second kappa shape index (κ2) is 7.21. The molecule has 0 aliphatic carbocycles. The van der Waals surface area contributed by atoms with Crippen molar-refractivity contribution >= 4 is 34.0 Å². The van der Waals surface area contributed by atoms with Crippen molar-refractivity contribution in [1.82, 2.24) is 16.0 Å². The Balaban J connectivity index is 2.32. The summed E-state index contributed by atoms with van der Waals surface area (Å²) in [6, 6.07) is 9.25. The Bertz CT molecular complexity index is 918. The van der Waals surface area contributed by atoms with E-state index in [9.17, 15) is 4.79 Å². The molecule has 0 fully saturated rings. The van der Waals surface area contributed by atoms with Crippen molar-refractivity contribution in [2.45, 2.75) is 13.0 Å². The first-order valence-electron chi connectivity index (χ1n) is 8.15. The molecule has 26 heavy (non-hydrogen) atoms. The van der Waals surface area contributed by atoms with E-state index in [4.69, 9.17) is 21.7 Å². The van der Waals surface area contributed by atoms with Gasteiger partial charge in [-0.2, -0.15) is 0 Å². The second-order valence-electron chi connectivity index (χ2n) is 5.92. The van der Waals surface area contributed by atoms with E-state index in [0.717, 1.165) is 22.1 Å². The Morgan fingerprint density at radius 3 is 2.58 bits per heavy atom. The van der Waals surface area contributed by atoms with Crippen molar-refractivity contribution in [3.8, 4) is 11.5 Å². The van der Waals surface area contributed by atoms with Crippen molar-refractivity contribution in [3.05, 3.63) is 47.2 Å². The van der Waals surface area contributed by atoms with Gasteiger partial charge in [0.1, 0.15) is 11.5 Å². The molecule has 1 amide bonds. The van der Waals surface area contributed by atoms with Crippen molar-refractivity contribution in [3.63, 3.8) is 0 Å². The largest absolute Gasteiger partial charge is 0.497 e. The van der Waals surface area contributed by atoms with E-state index in [-0.39, 0.29) is 5.91 Å². The Labute approximate surface area is 157 Å². The summed E-state index contributed by atoms with van der Waals surface area (Å²) < 4.78 is 11.0. The van der Waals surface area contributed by atoms with Crippen LogP contribution >= 0.6 is 12.2 Å². The average Bonchev–Trinajstić information content (AvgIpc) is 2.65. The number of allylic oxidation sites excluding steroid dienone is 1. The molecule has 2 aromatic carbocycles. The number of carbonyl (C=O) groups excluding carboxylic acids is 1. The second-order valence-corrected chi connectivity index (χ2v) is 6.33. The molecule has 3 N–H and O–H groups in total. The Morgan fingerprint density at radius 1 is 1.19 bits per heavy atom. The first-order chi connectivity index (χ1) is 12.5. The predicted octanol–water partition coefficient (Wildman–Crippen LogP) is 2.40. The van der Waals surface area contributed by atoms with Crippen LogP contribution in [0.25, 0.3) is 10.8 Å². The van der Waals surface area contributed by atoms with Gasteiger partial charge < -0.3 is 25.4 Å². The van der Waals surface area contributed by atoms with Crippen LogP contribution in [0.15, 0.2) is 41.6 Å². The number of amides is 1. The number of methoxy groups -OCH3 is 2. The highest BCUT2D eigenvalue weighted by molar-refractivity contribution is 7.80. The maximum absolute atomic E-state index is 12.6. The maximum Gasteiger partial charge on any atom is 0.251 e. The average molecular weight is 371 g/mol. The highest BCUT2D eigenvalue weighted by Crippen LogP contribution is 2.39. The summed E-state index contributed by atoms with van der Waals surface area (Å²) in [7, 11) is 4.84. The number of hydrogen-bond acceptors (Lipinski definition) is 4. The number of carbonyl (C=O) groups is 1. The van der Waals surface area contributed by atoms with Gasteiger partial charge in [0.15, 0.2) is 5.11 Å². The van der Waals surface area contributed by atoms with Crippen molar-refractivity contribution < 1.29 is 14.3 Å². The smallest absolute Gasteiger partial charge is 0.251 e. The van der Waals surface area contributed by atoms with Gasteiger partial charge in [0, 0.05) is 18.3 Å². The zero-order valence-corrected chi connectivity index (χ0v) is 15.9. The van der Waals surface area contributed by atoms with Gasteiger partial charge in [0.25, 0.3) is 5.91 Å². The molecule has 1 heterocycles. The number of fused-ring (bicyclic) bond motifs is 1. The fourth-order valence-electron chi connectivity index (χ4n) is 3.25. The minimum Gasteiger partial charge on any atom is -0.497 e. The highest BCUT2D eigenvalue weighted by Gasteiger charge is 2.32. The van der Waals surface area contributed by atoms with E-state index in [1.807, 2.05) is 37.3 Å². The van der Waals surface area contributed by atoms with Crippen LogP contribution in [-0.4, -0.2) is 32.3 Å². The van der Waals surface area contributed by atoms with E-state index in [2.05, 4.69) is 16.0 Å². The Morgan fingerprint density at radius 2 is 1.92 bits per heavy atom. The number of thiocarbonyl (C=S) groups is 1. The molecule has 7 heteroatoms. The van der Waals surface area contributed by atoms with Crippen molar-refractivity contribution in [1.29, 1.82) is 0 Å². The minimum absolute atomic E-state index is 0.183. The van der Waals surface area contributed by atoms with E-state index in [1.54, 1.807) is 21.3 Å².